The van der Waals surface area contributed by atoms with Crippen LogP contribution in [-0.2, 0) is 22.3 Å². The number of rotatable bonds is 9. The summed E-state index contributed by atoms with van der Waals surface area (Å²) in [6.45, 7) is 3.22. The molecule has 0 aromatic carbocycles. The number of nitrogens with zero attached hydrogens (tertiary/aromatic N) is 2. The zero-order chi connectivity index (χ0) is 19.1. The molecule has 27 heavy (non-hydrogen) atoms. The van der Waals surface area contributed by atoms with Gasteiger partial charge >= 0.3 is 0 Å². The molecule has 1 saturated heterocycles. The standard InChI is InChI=1S/C20H33N3O4/c1-26-7-5-20-21-6-2-15(23-20)10-16-17(13-24)19(25)11-18(16)22-12-14-3-8-27-9-4-14/h2,6,14,16-19,22,24-25H,3-5,7-13H2,1H3/t16-,17-,18-,19-/m1/s1. The summed E-state index contributed by atoms with van der Waals surface area (Å²) in [6.07, 6.45) is 5.60. The van der Waals surface area contributed by atoms with Gasteiger partial charge in [-0.1, -0.05) is 0 Å². The molecule has 1 aromatic rings. The molecule has 1 aromatic heterocycles. The molecule has 1 aliphatic heterocycles. The topological polar surface area (TPSA) is 96.7 Å². The SMILES string of the molecule is COCCc1nccc(C[C@@H]2[C@@H](CO)[C@H](O)C[C@H]2NCC2CCOCC2)n1. The molecule has 2 aliphatic rings. The fraction of sp³-hybridized carbons (Fsp3) is 0.800. The molecule has 152 valence electrons. The number of hydrogen-bond donors (Lipinski definition) is 3. The quantitative estimate of drug-likeness (QED) is 0.577. The summed E-state index contributed by atoms with van der Waals surface area (Å²) in [5.41, 5.74) is 0.964. The van der Waals surface area contributed by atoms with Crippen molar-refractivity contribution >= 4 is 0 Å². The fourth-order valence-electron chi connectivity index (χ4n) is 4.36. The lowest BCUT2D eigenvalue weighted by molar-refractivity contribution is 0.0642. The van der Waals surface area contributed by atoms with Gasteiger partial charge in [-0.3, -0.25) is 0 Å². The van der Waals surface area contributed by atoms with Crippen molar-refractivity contribution in [3.63, 3.8) is 0 Å². The number of hydrogen-bond acceptors (Lipinski definition) is 7. The van der Waals surface area contributed by atoms with Gasteiger partial charge in [0.25, 0.3) is 0 Å². The second-order valence-corrected chi connectivity index (χ2v) is 7.79. The van der Waals surface area contributed by atoms with Crippen molar-refractivity contribution in [2.75, 3.05) is 40.1 Å². The van der Waals surface area contributed by atoms with Gasteiger partial charge in [-0.05, 0) is 50.1 Å². The summed E-state index contributed by atoms with van der Waals surface area (Å²) in [6, 6.07) is 2.13. The highest BCUT2D eigenvalue weighted by atomic mass is 16.5. The third-order valence-corrected chi connectivity index (χ3v) is 6.01. The maximum atomic E-state index is 10.4. The van der Waals surface area contributed by atoms with Crippen LogP contribution in [0.5, 0.6) is 0 Å². The molecular weight excluding hydrogens is 346 g/mol. The van der Waals surface area contributed by atoms with Crippen LogP contribution in [0.3, 0.4) is 0 Å². The van der Waals surface area contributed by atoms with E-state index in [0.29, 0.717) is 25.4 Å². The van der Waals surface area contributed by atoms with E-state index in [1.807, 2.05) is 6.07 Å². The van der Waals surface area contributed by atoms with E-state index in [-0.39, 0.29) is 24.5 Å². The first-order chi connectivity index (χ1) is 13.2. The number of nitrogens with one attached hydrogen (secondary N) is 1. The van der Waals surface area contributed by atoms with Crippen LogP contribution in [-0.4, -0.2) is 72.4 Å². The van der Waals surface area contributed by atoms with Gasteiger partial charge in [-0.2, -0.15) is 0 Å². The second-order valence-electron chi connectivity index (χ2n) is 7.79. The number of aliphatic hydroxyl groups excluding tert-OH is 2. The molecule has 0 amide bonds. The first-order valence-corrected chi connectivity index (χ1v) is 10.1. The average Bonchev–Trinajstić information content (AvgIpc) is 3.00. The molecule has 2 fully saturated rings. The molecule has 3 rings (SSSR count). The lowest BCUT2D eigenvalue weighted by Crippen LogP contribution is -2.40. The van der Waals surface area contributed by atoms with Crippen molar-refractivity contribution in [2.45, 2.75) is 44.2 Å². The smallest absolute Gasteiger partial charge is 0.130 e. The van der Waals surface area contributed by atoms with Crippen LogP contribution in [0, 0.1) is 17.8 Å². The van der Waals surface area contributed by atoms with Gasteiger partial charge in [-0.15, -0.1) is 0 Å². The summed E-state index contributed by atoms with van der Waals surface area (Å²) in [5.74, 6) is 1.45. The summed E-state index contributed by atoms with van der Waals surface area (Å²) in [7, 11) is 1.67. The minimum Gasteiger partial charge on any atom is -0.396 e. The van der Waals surface area contributed by atoms with Crippen LogP contribution in [0.4, 0.5) is 0 Å². The van der Waals surface area contributed by atoms with Crippen molar-refractivity contribution < 1.29 is 19.7 Å². The molecule has 3 N–H and O–H groups in total. The third kappa shape index (κ3) is 5.68. The molecule has 7 nitrogen and oxygen atoms in total. The Kier molecular flexibility index (Phi) is 7.96. The molecule has 0 spiro atoms. The highest BCUT2D eigenvalue weighted by Gasteiger charge is 2.42. The zero-order valence-corrected chi connectivity index (χ0v) is 16.2. The zero-order valence-electron chi connectivity index (χ0n) is 16.2. The maximum absolute atomic E-state index is 10.4. The maximum Gasteiger partial charge on any atom is 0.130 e. The van der Waals surface area contributed by atoms with E-state index in [4.69, 9.17) is 9.47 Å². The predicted molar refractivity (Wildman–Crippen MR) is 101 cm³/mol. The van der Waals surface area contributed by atoms with E-state index in [2.05, 4.69) is 15.3 Å². The Morgan fingerprint density at radius 3 is 2.85 bits per heavy atom. The molecule has 1 aliphatic carbocycles. The van der Waals surface area contributed by atoms with Gasteiger partial charge in [-0.25, -0.2) is 9.97 Å². The Labute approximate surface area is 161 Å². The van der Waals surface area contributed by atoms with E-state index in [1.165, 1.54) is 0 Å². The monoisotopic (exact) mass is 379 g/mol. The minimum atomic E-state index is -0.470. The van der Waals surface area contributed by atoms with Crippen molar-refractivity contribution in [1.29, 1.82) is 0 Å². The average molecular weight is 380 g/mol. The molecule has 0 unspecified atom stereocenters. The Balaban J connectivity index is 1.63. The van der Waals surface area contributed by atoms with E-state index in [1.54, 1.807) is 13.3 Å². The Morgan fingerprint density at radius 1 is 1.30 bits per heavy atom. The normalized spacial score (nSPS) is 29.3. The van der Waals surface area contributed by atoms with Crippen molar-refractivity contribution in [3.05, 3.63) is 23.8 Å². The summed E-state index contributed by atoms with van der Waals surface area (Å²) >= 11 is 0. The highest BCUT2D eigenvalue weighted by molar-refractivity contribution is 5.08. The molecule has 1 saturated carbocycles. The predicted octanol–water partition coefficient (Wildman–Crippen LogP) is 0.582. The molecule has 0 bridgehead atoms. The highest BCUT2D eigenvalue weighted by Crippen LogP contribution is 2.35. The van der Waals surface area contributed by atoms with Gasteiger partial charge in [0.1, 0.15) is 5.82 Å². The van der Waals surface area contributed by atoms with Crippen LogP contribution in [0.25, 0.3) is 0 Å². The van der Waals surface area contributed by atoms with Gasteiger partial charge in [0.15, 0.2) is 0 Å². The third-order valence-electron chi connectivity index (χ3n) is 6.01. The number of methoxy groups -OCH3 is 1. The number of ether oxygens (including phenoxy) is 2. The van der Waals surface area contributed by atoms with Crippen molar-refractivity contribution in [1.82, 2.24) is 15.3 Å². The molecule has 4 atom stereocenters. The van der Waals surface area contributed by atoms with E-state index in [0.717, 1.165) is 50.5 Å². The molecule has 7 heteroatoms. The van der Waals surface area contributed by atoms with Gasteiger partial charge in [0.05, 0.1) is 12.7 Å². The molecular formula is C20H33N3O4. The molecule has 2 heterocycles. The van der Waals surface area contributed by atoms with Crippen LogP contribution in [0.2, 0.25) is 0 Å². The van der Waals surface area contributed by atoms with E-state index < -0.39 is 6.10 Å². The van der Waals surface area contributed by atoms with Crippen molar-refractivity contribution in [2.24, 2.45) is 17.8 Å². The largest absolute Gasteiger partial charge is 0.396 e. The molecule has 0 radical (unpaired) electrons. The van der Waals surface area contributed by atoms with Gasteiger partial charge < -0.3 is 25.0 Å². The fourth-order valence-corrected chi connectivity index (χ4v) is 4.36. The Hall–Kier alpha value is -1.12. The summed E-state index contributed by atoms with van der Waals surface area (Å²) in [5, 5.41) is 24.0. The lowest BCUT2D eigenvalue weighted by atomic mass is 9.88. The number of aliphatic hydroxyl groups is 2. The van der Waals surface area contributed by atoms with Gasteiger partial charge in [0, 0.05) is 57.2 Å². The Bertz CT molecular complexity index is 568. The van der Waals surface area contributed by atoms with Crippen LogP contribution >= 0.6 is 0 Å². The second kappa shape index (κ2) is 10.4. The summed E-state index contributed by atoms with van der Waals surface area (Å²) < 4.78 is 10.5. The lowest BCUT2D eigenvalue weighted by Gasteiger charge is -2.28. The summed E-state index contributed by atoms with van der Waals surface area (Å²) in [4.78, 5) is 8.96. The van der Waals surface area contributed by atoms with Gasteiger partial charge in [0.2, 0.25) is 0 Å². The van der Waals surface area contributed by atoms with Crippen LogP contribution in [0.15, 0.2) is 12.3 Å². The Morgan fingerprint density at radius 2 is 2.11 bits per heavy atom. The minimum absolute atomic E-state index is 0.00287. The van der Waals surface area contributed by atoms with Crippen molar-refractivity contribution in [3.8, 4) is 0 Å². The van der Waals surface area contributed by atoms with E-state index in [9.17, 15) is 10.2 Å². The first-order valence-electron chi connectivity index (χ1n) is 10.1. The van der Waals surface area contributed by atoms with Crippen LogP contribution in [0.1, 0.15) is 30.8 Å². The van der Waals surface area contributed by atoms with E-state index >= 15 is 0 Å². The first kappa shape index (κ1) is 20.6. The van der Waals surface area contributed by atoms with Crippen LogP contribution < -0.4 is 5.32 Å². The number of aromatic nitrogens is 2.